The number of carbonyl (C=O) groups excluding carboxylic acids is 1. The first kappa shape index (κ1) is 14.1. The molecule has 0 atom stereocenters. The van der Waals surface area contributed by atoms with Crippen LogP contribution in [0.4, 0.5) is 18.9 Å². The molecule has 0 radical (unpaired) electrons. The molecule has 0 aromatic heterocycles. The lowest BCUT2D eigenvalue weighted by Crippen LogP contribution is -2.19. The Bertz CT molecular complexity index is 427. The van der Waals surface area contributed by atoms with Gasteiger partial charge in [-0.2, -0.15) is 13.2 Å². The van der Waals surface area contributed by atoms with E-state index >= 15 is 0 Å². The quantitative estimate of drug-likeness (QED) is 0.844. The minimum absolute atomic E-state index is 0.297. The van der Waals surface area contributed by atoms with Gasteiger partial charge >= 0.3 is 12.1 Å². The van der Waals surface area contributed by atoms with E-state index in [-0.39, 0.29) is 0 Å². The van der Waals surface area contributed by atoms with Gasteiger partial charge in [-0.15, -0.1) is 0 Å². The number of rotatable bonds is 4. The molecular weight excluding hydrogens is 247 g/mol. The van der Waals surface area contributed by atoms with Gasteiger partial charge in [0.15, 0.2) is 0 Å². The number of esters is 1. The third-order valence-corrected chi connectivity index (χ3v) is 2.06. The lowest BCUT2D eigenvalue weighted by atomic mass is 10.2. The molecule has 1 rings (SSSR count). The maximum atomic E-state index is 12.7. The van der Waals surface area contributed by atoms with Crippen LogP contribution in [0.15, 0.2) is 42.1 Å². The van der Waals surface area contributed by atoms with Gasteiger partial charge in [0.1, 0.15) is 5.70 Å². The zero-order chi connectivity index (χ0) is 13.6. The average molecular weight is 259 g/mol. The molecule has 0 heterocycles. The minimum atomic E-state index is -4.55. The van der Waals surface area contributed by atoms with Crippen LogP contribution in [0.1, 0.15) is 6.42 Å². The highest BCUT2D eigenvalue weighted by Gasteiger charge is 2.33. The van der Waals surface area contributed by atoms with Crippen molar-refractivity contribution in [2.24, 2.45) is 0 Å². The van der Waals surface area contributed by atoms with Crippen LogP contribution in [0.3, 0.4) is 0 Å². The van der Waals surface area contributed by atoms with Crippen LogP contribution in [0.25, 0.3) is 0 Å². The molecule has 0 spiro atoms. The van der Waals surface area contributed by atoms with Crippen molar-refractivity contribution < 1.29 is 22.7 Å². The third kappa shape index (κ3) is 4.48. The monoisotopic (exact) mass is 259 g/mol. The number of hydrogen-bond acceptors (Lipinski definition) is 3. The molecule has 0 fully saturated rings. The molecular formula is C12H12F3NO2. The van der Waals surface area contributed by atoms with E-state index in [1.807, 2.05) is 0 Å². The molecule has 6 heteroatoms. The summed E-state index contributed by atoms with van der Waals surface area (Å²) in [6.45, 7) is 0. The molecule has 0 aliphatic carbocycles. The molecule has 98 valence electrons. The van der Waals surface area contributed by atoms with Crippen LogP contribution in [-0.2, 0) is 9.53 Å². The summed E-state index contributed by atoms with van der Waals surface area (Å²) < 4.78 is 42.3. The van der Waals surface area contributed by atoms with Crippen molar-refractivity contribution in [2.75, 3.05) is 12.4 Å². The van der Waals surface area contributed by atoms with Crippen molar-refractivity contribution in [1.82, 2.24) is 0 Å². The highest BCUT2D eigenvalue weighted by Crippen LogP contribution is 2.27. The maximum Gasteiger partial charge on any atom is 0.430 e. The number of nitrogens with one attached hydrogen (secondary N) is 1. The number of hydrogen-bond donors (Lipinski definition) is 1. The zero-order valence-corrected chi connectivity index (χ0v) is 9.62. The number of alkyl halides is 3. The predicted octanol–water partition coefficient (Wildman–Crippen LogP) is 3.11. The van der Waals surface area contributed by atoms with Crippen LogP contribution in [0.2, 0.25) is 0 Å². The largest absolute Gasteiger partial charge is 0.469 e. The Labute approximate surface area is 102 Å². The highest BCUT2D eigenvalue weighted by atomic mass is 19.4. The fraction of sp³-hybridized carbons (Fsp3) is 0.250. The maximum absolute atomic E-state index is 12.7. The summed E-state index contributed by atoms with van der Waals surface area (Å²) in [5.74, 6) is -0.730. The number of halogens is 3. The standard InChI is InChI=1S/C12H12F3NO2/c1-18-11(17)8-7-10(12(13,14)15)16-9-5-3-2-4-6-9/h2-7,16H,8H2,1H3/b10-7-. The lowest BCUT2D eigenvalue weighted by Gasteiger charge is -2.14. The first-order valence-electron chi connectivity index (χ1n) is 5.09. The van der Waals surface area contributed by atoms with E-state index in [0.717, 1.165) is 13.2 Å². The zero-order valence-electron chi connectivity index (χ0n) is 9.62. The van der Waals surface area contributed by atoms with Crippen molar-refractivity contribution in [3.63, 3.8) is 0 Å². The van der Waals surface area contributed by atoms with Crippen LogP contribution in [0, 0.1) is 0 Å². The number of para-hydroxylation sites is 1. The van der Waals surface area contributed by atoms with Gasteiger partial charge in [0.2, 0.25) is 0 Å². The molecule has 0 aliphatic rings. The first-order valence-corrected chi connectivity index (χ1v) is 5.09. The minimum Gasteiger partial charge on any atom is -0.469 e. The predicted molar refractivity (Wildman–Crippen MR) is 60.8 cm³/mol. The van der Waals surface area contributed by atoms with E-state index < -0.39 is 24.3 Å². The van der Waals surface area contributed by atoms with Gasteiger partial charge in [-0.3, -0.25) is 4.79 Å². The number of anilines is 1. The molecule has 1 aromatic carbocycles. The van der Waals surface area contributed by atoms with Gasteiger partial charge in [0.25, 0.3) is 0 Å². The number of allylic oxidation sites excluding steroid dienone is 1. The van der Waals surface area contributed by atoms with E-state index in [4.69, 9.17) is 0 Å². The smallest absolute Gasteiger partial charge is 0.430 e. The van der Waals surface area contributed by atoms with Gasteiger partial charge in [-0.1, -0.05) is 18.2 Å². The van der Waals surface area contributed by atoms with Gasteiger partial charge < -0.3 is 10.1 Å². The molecule has 3 nitrogen and oxygen atoms in total. The molecule has 18 heavy (non-hydrogen) atoms. The van der Waals surface area contributed by atoms with E-state index in [1.54, 1.807) is 18.2 Å². The van der Waals surface area contributed by atoms with E-state index in [0.29, 0.717) is 5.69 Å². The Hall–Kier alpha value is -1.98. The summed E-state index contributed by atoms with van der Waals surface area (Å²) in [4.78, 5) is 10.8. The summed E-state index contributed by atoms with van der Waals surface area (Å²) in [5.41, 5.74) is -0.690. The average Bonchev–Trinajstić information content (AvgIpc) is 2.33. The Balaban J connectivity index is 2.83. The summed E-state index contributed by atoms with van der Waals surface area (Å²) in [6, 6.07) is 7.90. The number of carbonyl (C=O) groups is 1. The summed E-state index contributed by atoms with van der Waals surface area (Å²) in [5, 5.41) is 2.23. The Kier molecular flexibility index (Phi) is 4.76. The molecule has 1 N–H and O–H groups in total. The number of methoxy groups -OCH3 is 1. The molecule has 0 unspecified atom stereocenters. The van der Waals surface area contributed by atoms with Crippen molar-refractivity contribution in [3.05, 3.63) is 42.1 Å². The highest BCUT2D eigenvalue weighted by molar-refractivity contribution is 5.71. The fourth-order valence-corrected chi connectivity index (χ4v) is 1.18. The van der Waals surface area contributed by atoms with E-state index in [2.05, 4.69) is 10.1 Å². The van der Waals surface area contributed by atoms with Crippen LogP contribution in [0.5, 0.6) is 0 Å². The summed E-state index contributed by atoms with van der Waals surface area (Å²) in [7, 11) is 1.12. The van der Waals surface area contributed by atoms with Gasteiger partial charge in [0, 0.05) is 5.69 Å². The van der Waals surface area contributed by atoms with E-state index in [9.17, 15) is 18.0 Å². The fourth-order valence-electron chi connectivity index (χ4n) is 1.18. The molecule has 0 bridgehead atoms. The van der Waals surface area contributed by atoms with Crippen LogP contribution < -0.4 is 5.32 Å². The number of benzene rings is 1. The molecule has 0 amide bonds. The normalized spacial score (nSPS) is 12.1. The van der Waals surface area contributed by atoms with Crippen molar-refractivity contribution in [1.29, 1.82) is 0 Å². The molecule has 0 aliphatic heterocycles. The van der Waals surface area contributed by atoms with Crippen molar-refractivity contribution >= 4 is 11.7 Å². The summed E-state index contributed by atoms with van der Waals surface area (Å²) >= 11 is 0. The first-order chi connectivity index (χ1) is 8.43. The SMILES string of the molecule is COC(=O)C/C=C(\Nc1ccccc1)C(F)(F)F. The van der Waals surface area contributed by atoms with Crippen molar-refractivity contribution in [2.45, 2.75) is 12.6 Å². The topological polar surface area (TPSA) is 38.3 Å². The Morgan fingerprint density at radius 1 is 1.33 bits per heavy atom. The van der Waals surface area contributed by atoms with Crippen molar-refractivity contribution in [3.8, 4) is 0 Å². The second kappa shape index (κ2) is 6.09. The molecule has 0 saturated carbocycles. The lowest BCUT2D eigenvalue weighted by molar-refractivity contribution is -0.139. The number of ether oxygens (including phenoxy) is 1. The Morgan fingerprint density at radius 3 is 2.44 bits per heavy atom. The van der Waals surface area contributed by atoms with Crippen LogP contribution in [-0.4, -0.2) is 19.3 Å². The van der Waals surface area contributed by atoms with Crippen LogP contribution >= 0.6 is 0 Å². The second-order valence-electron chi connectivity index (χ2n) is 3.39. The van der Waals surface area contributed by atoms with E-state index in [1.165, 1.54) is 12.1 Å². The van der Waals surface area contributed by atoms with Gasteiger partial charge in [-0.05, 0) is 18.2 Å². The molecule has 0 saturated heterocycles. The molecule has 1 aromatic rings. The van der Waals surface area contributed by atoms with Gasteiger partial charge in [0.05, 0.1) is 13.5 Å². The third-order valence-electron chi connectivity index (χ3n) is 2.06. The second-order valence-corrected chi connectivity index (χ2v) is 3.39. The summed E-state index contributed by atoms with van der Waals surface area (Å²) in [6.07, 6.45) is -4.23. The van der Waals surface area contributed by atoms with Gasteiger partial charge in [-0.25, -0.2) is 0 Å². The Morgan fingerprint density at radius 2 is 1.94 bits per heavy atom.